The lowest BCUT2D eigenvalue weighted by atomic mass is 10.3. The van der Waals surface area contributed by atoms with Crippen molar-refractivity contribution in [3.63, 3.8) is 0 Å². The van der Waals surface area contributed by atoms with E-state index in [1.165, 1.54) is 0 Å². The van der Waals surface area contributed by atoms with Crippen LogP contribution < -0.4 is 0 Å². The van der Waals surface area contributed by atoms with E-state index in [4.69, 9.17) is 13.7 Å². The minimum absolute atomic E-state index is 0.0621. The zero-order chi connectivity index (χ0) is 11.5. The van der Waals surface area contributed by atoms with Crippen molar-refractivity contribution in [2.24, 2.45) is 0 Å². The van der Waals surface area contributed by atoms with Gasteiger partial charge in [0, 0.05) is 0 Å². The fourth-order valence-electron chi connectivity index (χ4n) is 1.15. The molecule has 0 radical (unpaired) electrons. The highest BCUT2D eigenvalue weighted by Gasteiger charge is 2.20. The average molecular weight is 236 g/mol. The molecule has 0 amide bonds. The van der Waals surface area contributed by atoms with E-state index >= 15 is 0 Å². The maximum absolute atomic E-state index is 10.8. The molecule has 2 atom stereocenters. The van der Waals surface area contributed by atoms with Gasteiger partial charge in [-0.2, -0.15) is 8.42 Å². The number of rotatable bonds is 4. The highest BCUT2D eigenvalue weighted by atomic mass is 32.2. The predicted molar refractivity (Wildman–Crippen MR) is 54.8 cm³/mol. The van der Waals surface area contributed by atoms with Crippen molar-refractivity contribution in [3.05, 3.63) is 12.2 Å². The van der Waals surface area contributed by atoms with Gasteiger partial charge in [-0.05, 0) is 19.9 Å². The number of hydrogen-bond acceptors (Lipinski definition) is 5. The topological polar surface area (TPSA) is 61.8 Å². The van der Waals surface area contributed by atoms with Crippen molar-refractivity contribution < 1.29 is 22.1 Å². The summed E-state index contributed by atoms with van der Waals surface area (Å²) in [7, 11) is -3.44. The van der Waals surface area contributed by atoms with Gasteiger partial charge in [-0.15, -0.1) is 0 Å². The molecule has 1 aliphatic heterocycles. The summed E-state index contributed by atoms with van der Waals surface area (Å²) in [5, 5.41) is 0. The Morgan fingerprint density at radius 3 is 2.47 bits per heavy atom. The fourth-order valence-corrected chi connectivity index (χ4v) is 1.72. The summed E-state index contributed by atoms with van der Waals surface area (Å²) in [4.78, 5) is 0. The summed E-state index contributed by atoms with van der Waals surface area (Å²) in [6.45, 7) is 3.98. The lowest BCUT2D eigenvalue weighted by Gasteiger charge is -2.24. The highest BCUT2D eigenvalue weighted by molar-refractivity contribution is 7.86. The number of ether oxygens (including phenoxy) is 2. The zero-order valence-electron chi connectivity index (χ0n) is 9.04. The van der Waals surface area contributed by atoms with Gasteiger partial charge < -0.3 is 9.47 Å². The van der Waals surface area contributed by atoms with Crippen LogP contribution in [-0.2, 0) is 23.8 Å². The maximum Gasteiger partial charge on any atom is 0.265 e. The Bertz CT molecular complexity index is 319. The van der Waals surface area contributed by atoms with Crippen LogP contribution in [0.25, 0.3) is 0 Å². The van der Waals surface area contributed by atoms with Crippen LogP contribution in [0.15, 0.2) is 12.2 Å². The molecule has 1 rings (SSSR count). The van der Waals surface area contributed by atoms with Gasteiger partial charge in [0.15, 0.2) is 6.29 Å². The molecule has 6 heteroatoms. The normalized spacial score (nSPS) is 27.2. The maximum atomic E-state index is 10.8. The van der Waals surface area contributed by atoms with Gasteiger partial charge >= 0.3 is 0 Å². The summed E-state index contributed by atoms with van der Waals surface area (Å²) in [6.07, 6.45) is 3.40. The Morgan fingerprint density at radius 2 is 2.07 bits per heavy atom. The second-order valence-electron chi connectivity index (χ2n) is 3.61. The third-order valence-electron chi connectivity index (χ3n) is 1.61. The molecule has 0 aliphatic carbocycles. The molecule has 0 aromatic heterocycles. The predicted octanol–water partition coefficient (Wildman–Crippen LogP) is 0.669. The lowest BCUT2D eigenvalue weighted by Crippen LogP contribution is -2.31. The van der Waals surface area contributed by atoms with Crippen LogP contribution in [0.3, 0.4) is 0 Å². The molecular formula is C9H16O5S. The van der Waals surface area contributed by atoms with Crippen LogP contribution in [0, 0.1) is 0 Å². The van der Waals surface area contributed by atoms with Gasteiger partial charge in [-0.3, -0.25) is 4.18 Å². The molecule has 0 bridgehead atoms. The molecule has 15 heavy (non-hydrogen) atoms. The van der Waals surface area contributed by atoms with Crippen LogP contribution in [-0.4, -0.2) is 39.8 Å². The molecule has 0 saturated heterocycles. The number of hydrogen-bond donors (Lipinski definition) is 0. The molecule has 0 N–H and O–H groups in total. The minimum Gasteiger partial charge on any atom is -0.346 e. The molecule has 5 nitrogen and oxygen atoms in total. The quantitative estimate of drug-likeness (QED) is 0.530. The van der Waals surface area contributed by atoms with Crippen LogP contribution in [0.4, 0.5) is 0 Å². The Hall–Kier alpha value is -0.430. The minimum atomic E-state index is -3.44. The Kier molecular flexibility index (Phi) is 4.27. The molecule has 0 unspecified atom stereocenters. The lowest BCUT2D eigenvalue weighted by molar-refractivity contribution is -0.148. The van der Waals surface area contributed by atoms with Gasteiger partial charge in [-0.1, -0.05) is 6.08 Å². The van der Waals surface area contributed by atoms with E-state index in [0.29, 0.717) is 0 Å². The van der Waals surface area contributed by atoms with Crippen LogP contribution in [0.2, 0.25) is 0 Å². The van der Waals surface area contributed by atoms with Crippen molar-refractivity contribution in [2.75, 3.05) is 12.9 Å². The molecule has 1 aliphatic rings. The van der Waals surface area contributed by atoms with E-state index in [2.05, 4.69) is 0 Å². The largest absolute Gasteiger partial charge is 0.346 e. The summed E-state index contributed by atoms with van der Waals surface area (Å²) in [5.74, 6) is 0. The van der Waals surface area contributed by atoms with Crippen molar-refractivity contribution in [2.45, 2.75) is 32.3 Å². The second kappa shape index (κ2) is 5.07. The van der Waals surface area contributed by atoms with E-state index in [1.807, 2.05) is 13.8 Å². The third-order valence-corrected chi connectivity index (χ3v) is 2.21. The first-order chi connectivity index (χ1) is 6.87. The van der Waals surface area contributed by atoms with Crippen molar-refractivity contribution >= 4 is 10.1 Å². The van der Waals surface area contributed by atoms with Gasteiger partial charge in [0.1, 0.15) is 6.10 Å². The summed E-state index contributed by atoms with van der Waals surface area (Å²) in [6, 6.07) is 0. The third kappa shape index (κ3) is 5.27. The van der Waals surface area contributed by atoms with Crippen molar-refractivity contribution in [1.82, 2.24) is 0 Å². The monoisotopic (exact) mass is 236 g/mol. The summed E-state index contributed by atoms with van der Waals surface area (Å²) < 4.78 is 37.0. The van der Waals surface area contributed by atoms with Gasteiger partial charge in [0.2, 0.25) is 0 Å². The van der Waals surface area contributed by atoms with E-state index in [-0.39, 0.29) is 12.7 Å². The van der Waals surface area contributed by atoms with E-state index < -0.39 is 22.5 Å². The molecule has 0 aromatic carbocycles. The van der Waals surface area contributed by atoms with Crippen molar-refractivity contribution in [3.8, 4) is 0 Å². The molecule has 0 fully saturated rings. The van der Waals surface area contributed by atoms with Crippen LogP contribution in [0.1, 0.15) is 13.8 Å². The Labute approximate surface area is 90.1 Å². The first-order valence-corrected chi connectivity index (χ1v) is 6.52. The van der Waals surface area contributed by atoms with Gasteiger partial charge in [-0.25, -0.2) is 0 Å². The van der Waals surface area contributed by atoms with Crippen molar-refractivity contribution in [1.29, 1.82) is 0 Å². The first-order valence-electron chi connectivity index (χ1n) is 4.70. The molecule has 1 heterocycles. The smallest absolute Gasteiger partial charge is 0.265 e. The summed E-state index contributed by atoms with van der Waals surface area (Å²) in [5.41, 5.74) is 0. The van der Waals surface area contributed by atoms with E-state index in [9.17, 15) is 8.42 Å². The standard InChI is InChI=1S/C9H16O5S/c1-7(2)13-9-5-4-8(6-12-9)14-15(3,10)11/h4-5,7-9H,6H2,1-3H3/t8-,9-/m1/s1. The molecule has 88 valence electrons. The van der Waals surface area contributed by atoms with Gasteiger partial charge in [0.05, 0.1) is 19.0 Å². The SMILES string of the molecule is CC(C)O[C@@H]1C=C[C@@H](OS(C)(=O)=O)CO1. The van der Waals surface area contributed by atoms with E-state index in [1.54, 1.807) is 12.2 Å². The fraction of sp³-hybridized carbons (Fsp3) is 0.778. The molecular weight excluding hydrogens is 220 g/mol. The van der Waals surface area contributed by atoms with E-state index in [0.717, 1.165) is 6.26 Å². The molecule has 0 spiro atoms. The Balaban J connectivity index is 2.44. The molecule has 0 saturated carbocycles. The van der Waals surface area contributed by atoms with Crippen LogP contribution in [0.5, 0.6) is 0 Å². The first kappa shape index (κ1) is 12.6. The Morgan fingerprint density at radius 1 is 1.40 bits per heavy atom. The average Bonchev–Trinajstić information content (AvgIpc) is 2.05. The van der Waals surface area contributed by atoms with Gasteiger partial charge in [0.25, 0.3) is 10.1 Å². The second-order valence-corrected chi connectivity index (χ2v) is 5.21. The van der Waals surface area contributed by atoms with Crippen LogP contribution >= 0.6 is 0 Å². The summed E-state index contributed by atoms with van der Waals surface area (Å²) >= 11 is 0. The molecule has 0 aromatic rings. The highest BCUT2D eigenvalue weighted by Crippen LogP contribution is 2.12. The zero-order valence-corrected chi connectivity index (χ0v) is 9.86.